The summed E-state index contributed by atoms with van der Waals surface area (Å²) >= 11 is 6.00. The van der Waals surface area contributed by atoms with E-state index in [1.54, 1.807) is 19.4 Å². The van der Waals surface area contributed by atoms with Crippen LogP contribution < -0.4 is 10.9 Å². The third-order valence-electron chi connectivity index (χ3n) is 2.50. The molecular weight excluding hydrogens is 282 g/mol. The summed E-state index contributed by atoms with van der Waals surface area (Å²) in [6, 6.07) is 0. The Bertz CT molecular complexity index is 476. The highest BCUT2D eigenvalue weighted by molar-refractivity contribution is 6.32. The molecule has 1 aromatic rings. The summed E-state index contributed by atoms with van der Waals surface area (Å²) < 4.78 is 11.5. The number of rotatable bonds is 10. The maximum Gasteiger partial charge on any atom is 0.287 e. The van der Waals surface area contributed by atoms with Crippen molar-refractivity contribution in [2.24, 2.45) is 0 Å². The molecule has 20 heavy (non-hydrogen) atoms. The van der Waals surface area contributed by atoms with E-state index in [4.69, 9.17) is 21.1 Å². The Hall–Kier alpha value is -1.37. The van der Waals surface area contributed by atoms with Gasteiger partial charge in [0.2, 0.25) is 0 Å². The van der Waals surface area contributed by atoms with E-state index in [1.165, 1.54) is 4.68 Å². The van der Waals surface area contributed by atoms with Crippen LogP contribution in [-0.4, -0.2) is 43.3 Å². The molecule has 0 aliphatic rings. The van der Waals surface area contributed by atoms with Crippen molar-refractivity contribution in [1.82, 2.24) is 9.78 Å². The lowest BCUT2D eigenvalue weighted by atomic mass is 10.4. The third-order valence-corrected chi connectivity index (χ3v) is 2.86. The number of hydrogen-bond acceptors (Lipinski definition) is 5. The summed E-state index contributed by atoms with van der Waals surface area (Å²) in [7, 11) is 1.63. The summed E-state index contributed by atoms with van der Waals surface area (Å²) in [5.74, 6) is 0. The number of aromatic nitrogens is 2. The Balaban J connectivity index is 2.39. The van der Waals surface area contributed by atoms with Crippen LogP contribution in [-0.2, 0) is 16.0 Å². The summed E-state index contributed by atoms with van der Waals surface area (Å²) in [6.07, 6.45) is 3.93. The number of nitrogens with one attached hydrogen (secondary N) is 1. The van der Waals surface area contributed by atoms with Crippen molar-refractivity contribution in [3.63, 3.8) is 0 Å². The highest BCUT2D eigenvalue weighted by Gasteiger charge is 2.07. The SMILES string of the molecule is C=CCn1ncc(NCCCOCCOC)c(Cl)c1=O. The van der Waals surface area contributed by atoms with Crippen LogP contribution in [0.2, 0.25) is 5.02 Å². The molecule has 0 aromatic carbocycles. The molecule has 1 aromatic heterocycles. The van der Waals surface area contributed by atoms with E-state index in [2.05, 4.69) is 17.0 Å². The van der Waals surface area contributed by atoms with Gasteiger partial charge in [0.1, 0.15) is 5.02 Å². The second kappa shape index (κ2) is 9.52. The lowest BCUT2D eigenvalue weighted by Crippen LogP contribution is -2.24. The van der Waals surface area contributed by atoms with Crippen LogP contribution >= 0.6 is 11.6 Å². The molecule has 0 aliphatic carbocycles. The number of allylic oxidation sites excluding steroid dienone is 1. The summed E-state index contributed by atoms with van der Waals surface area (Å²) in [5.41, 5.74) is 0.210. The molecule has 0 atom stereocenters. The van der Waals surface area contributed by atoms with Crippen LogP contribution in [0.5, 0.6) is 0 Å². The average molecular weight is 302 g/mol. The van der Waals surface area contributed by atoms with Crippen molar-refractivity contribution in [2.75, 3.05) is 38.8 Å². The fourth-order valence-electron chi connectivity index (χ4n) is 1.48. The van der Waals surface area contributed by atoms with E-state index in [0.717, 1.165) is 6.42 Å². The normalized spacial score (nSPS) is 10.5. The fourth-order valence-corrected chi connectivity index (χ4v) is 1.70. The van der Waals surface area contributed by atoms with Crippen LogP contribution in [0, 0.1) is 0 Å². The molecule has 0 spiro atoms. The maximum absolute atomic E-state index is 11.8. The Morgan fingerprint density at radius 1 is 1.50 bits per heavy atom. The average Bonchev–Trinajstić information content (AvgIpc) is 2.45. The van der Waals surface area contributed by atoms with Gasteiger partial charge in [-0.25, -0.2) is 4.68 Å². The second-order valence-electron chi connectivity index (χ2n) is 4.03. The maximum atomic E-state index is 11.8. The van der Waals surface area contributed by atoms with Gasteiger partial charge in [-0.05, 0) is 6.42 Å². The molecule has 0 saturated heterocycles. The monoisotopic (exact) mass is 301 g/mol. The van der Waals surface area contributed by atoms with Crippen LogP contribution in [0.4, 0.5) is 5.69 Å². The van der Waals surface area contributed by atoms with Gasteiger partial charge in [0.05, 0.1) is 31.6 Å². The zero-order chi connectivity index (χ0) is 14.8. The number of halogens is 1. The van der Waals surface area contributed by atoms with Crippen LogP contribution in [0.25, 0.3) is 0 Å². The van der Waals surface area contributed by atoms with Crippen LogP contribution in [0.1, 0.15) is 6.42 Å². The highest BCUT2D eigenvalue weighted by atomic mass is 35.5. The van der Waals surface area contributed by atoms with Crippen molar-refractivity contribution in [1.29, 1.82) is 0 Å². The fraction of sp³-hybridized carbons (Fsp3) is 0.538. The predicted molar refractivity (Wildman–Crippen MR) is 79.5 cm³/mol. The predicted octanol–water partition coefficient (Wildman–Crippen LogP) is 1.55. The Morgan fingerprint density at radius 2 is 2.30 bits per heavy atom. The quantitative estimate of drug-likeness (QED) is 0.525. The molecule has 0 aliphatic heterocycles. The molecule has 7 heteroatoms. The van der Waals surface area contributed by atoms with E-state index in [-0.39, 0.29) is 10.6 Å². The molecule has 0 radical (unpaired) electrons. The van der Waals surface area contributed by atoms with E-state index < -0.39 is 0 Å². The van der Waals surface area contributed by atoms with Gasteiger partial charge in [0, 0.05) is 20.3 Å². The van der Waals surface area contributed by atoms with Crippen molar-refractivity contribution in [2.45, 2.75) is 13.0 Å². The number of anilines is 1. The molecule has 0 saturated carbocycles. The first-order valence-electron chi connectivity index (χ1n) is 6.37. The van der Waals surface area contributed by atoms with Gasteiger partial charge in [-0.3, -0.25) is 4.79 Å². The first-order chi connectivity index (χ1) is 9.70. The minimum atomic E-state index is -0.326. The minimum absolute atomic E-state index is 0.141. The second-order valence-corrected chi connectivity index (χ2v) is 4.41. The lowest BCUT2D eigenvalue weighted by molar-refractivity contribution is 0.0705. The van der Waals surface area contributed by atoms with Crippen LogP contribution in [0.3, 0.4) is 0 Å². The van der Waals surface area contributed by atoms with Gasteiger partial charge in [-0.2, -0.15) is 5.10 Å². The van der Waals surface area contributed by atoms with Crippen molar-refractivity contribution in [3.05, 3.63) is 34.2 Å². The van der Waals surface area contributed by atoms with Crippen LogP contribution in [0.15, 0.2) is 23.6 Å². The largest absolute Gasteiger partial charge is 0.382 e. The highest BCUT2D eigenvalue weighted by Crippen LogP contribution is 2.14. The number of hydrogen-bond donors (Lipinski definition) is 1. The van der Waals surface area contributed by atoms with E-state index in [0.29, 0.717) is 38.6 Å². The number of nitrogens with zero attached hydrogens (tertiary/aromatic N) is 2. The standard InChI is InChI=1S/C13H20ClN3O3/c1-3-6-17-13(18)12(14)11(10-16-17)15-5-4-7-20-9-8-19-2/h3,10,15H,1,4-9H2,2H3. The van der Waals surface area contributed by atoms with Crippen molar-refractivity contribution >= 4 is 17.3 Å². The molecule has 0 bridgehead atoms. The van der Waals surface area contributed by atoms with Gasteiger partial charge in [0.15, 0.2) is 0 Å². The Kier molecular flexibility index (Phi) is 7.94. The molecule has 6 nitrogen and oxygen atoms in total. The van der Waals surface area contributed by atoms with Crippen molar-refractivity contribution < 1.29 is 9.47 Å². The zero-order valence-electron chi connectivity index (χ0n) is 11.6. The molecule has 0 fully saturated rings. The van der Waals surface area contributed by atoms with E-state index >= 15 is 0 Å². The van der Waals surface area contributed by atoms with Gasteiger partial charge in [-0.15, -0.1) is 6.58 Å². The molecule has 1 heterocycles. The Morgan fingerprint density at radius 3 is 3.00 bits per heavy atom. The molecule has 0 unspecified atom stereocenters. The zero-order valence-corrected chi connectivity index (χ0v) is 12.4. The van der Waals surface area contributed by atoms with Gasteiger partial charge >= 0.3 is 0 Å². The van der Waals surface area contributed by atoms with E-state index in [9.17, 15) is 4.79 Å². The molecule has 1 rings (SSSR count). The van der Waals surface area contributed by atoms with E-state index in [1.807, 2.05) is 0 Å². The summed E-state index contributed by atoms with van der Waals surface area (Å²) in [4.78, 5) is 11.8. The summed E-state index contributed by atoms with van der Waals surface area (Å²) in [5, 5.41) is 7.22. The minimum Gasteiger partial charge on any atom is -0.382 e. The smallest absolute Gasteiger partial charge is 0.287 e. The lowest BCUT2D eigenvalue weighted by Gasteiger charge is -2.09. The number of methoxy groups -OCH3 is 1. The molecule has 1 N–H and O–H groups in total. The first-order valence-corrected chi connectivity index (χ1v) is 6.75. The molecular formula is C13H20ClN3O3. The third kappa shape index (κ3) is 5.32. The molecule has 0 amide bonds. The van der Waals surface area contributed by atoms with Gasteiger partial charge in [-0.1, -0.05) is 17.7 Å². The first kappa shape index (κ1) is 16.7. The Labute approximate surface area is 123 Å². The number of ether oxygens (including phenoxy) is 2. The van der Waals surface area contributed by atoms with Gasteiger partial charge in [0.25, 0.3) is 5.56 Å². The van der Waals surface area contributed by atoms with Gasteiger partial charge < -0.3 is 14.8 Å². The topological polar surface area (TPSA) is 65.4 Å². The summed E-state index contributed by atoms with van der Waals surface area (Å²) in [6.45, 7) is 6.34. The molecule has 112 valence electrons. The van der Waals surface area contributed by atoms with Crippen molar-refractivity contribution in [3.8, 4) is 0 Å².